The molecule has 0 aliphatic rings. The molecule has 4 heteroatoms. The van der Waals surface area contributed by atoms with Crippen LogP contribution >= 0.6 is 11.3 Å². The van der Waals surface area contributed by atoms with Gasteiger partial charge in [0.25, 0.3) is 0 Å². The van der Waals surface area contributed by atoms with E-state index in [1.54, 1.807) is 13.8 Å². The summed E-state index contributed by atoms with van der Waals surface area (Å²) < 4.78 is 21.0. The van der Waals surface area contributed by atoms with Crippen LogP contribution < -0.4 is 4.74 Å². The van der Waals surface area contributed by atoms with E-state index in [0.29, 0.717) is 33.1 Å². The lowest BCUT2D eigenvalue weighted by molar-refractivity contribution is 0.103. The highest BCUT2D eigenvalue weighted by Crippen LogP contribution is 2.42. The Morgan fingerprint density at radius 2 is 1.48 bits per heavy atom. The summed E-state index contributed by atoms with van der Waals surface area (Å²) in [5.41, 5.74) is 4.04. The highest BCUT2D eigenvalue weighted by Gasteiger charge is 2.24. The smallest absolute Gasteiger partial charge is 0.207 e. The topological polar surface area (TPSA) is 26.3 Å². The van der Waals surface area contributed by atoms with Crippen molar-refractivity contribution >= 4 is 27.2 Å². The molecule has 0 atom stereocenters. The molecule has 0 fully saturated rings. The fourth-order valence-electron chi connectivity index (χ4n) is 3.54. The number of aryl methyl sites for hydroxylation is 4. The van der Waals surface area contributed by atoms with Crippen LogP contribution in [-0.2, 0) is 0 Å². The predicted octanol–water partition coefficient (Wildman–Crippen LogP) is 7.30. The van der Waals surface area contributed by atoms with Gasteiger partial charge in [-0.1, -0.05) is 23.8 Å². The molecular weight excluding hydrogens is 383 g/mol. The normalized spacial score (nSPS) is 11.1. The standard InChI is InChI=1S/C25H21FO2S/c1-14-5-8-19(9-6-14)28-24-20-10-7-15(2)11-21(20)29-25(24)23(27)22-16(3)12-18(26)13-17(22)4/h5-13H,1-4H3. The molecule has 0 amide bonds. The van der Waals surface area contributed by atoms with E-state index in [1.807, 2.05) is 50.2 Å². The molecule has 0 N–H and O–H groups in total. The third kappa shape index (κ3) is 3.68. The van der Waals surface area contributed by atoms with Crippen LogP contribution in [0, 0.1) is 33.5 Å². The SMILES string of the molecule is Cc1ccc(Oc2c(C(=O)c3c(C)cc(F)cc3C)sc3cc(C)ccc23)cc1. The first-order valence-corrected chi connectivity index (χ1v) is 10.2. The van der Waals surface area contributed by atoms with Crippen molar-refractivity contribution in [3.63, 3.8) is 0 Å². The van der Waals surface area contributed by atoms with E-state index < -0.39 is 0 Å². The van der Waals surface area contributed by atoms with Crippen LogP contribution in [0.25, 0.3) is 10.1 Å². The zero-order chi connectivity index (χ0) is 20.7. The van der Waals surface area contributed by atoms with Crippen LogP contribution in [0.2, 0.25) is 0 Å². The van der Waals surface area contributed by atoms with Crippen molar-refractivity contribution in [1.29, 1.82) is 0 Å². The molecule has 0 saturated carbocycles. The number of hydrogen-bond acceptors (Lipinski definition) is 3. The summed E-state index contributed by atoms with van der Waals surface area (Å²) in [6.45, 7) is 7.57. The van der Waals surface area contributed by atoms with Crippen LogP contribution in [0.5, 0.6) is 11.5 Å². The Labute approximate surface area is 173 Å². The third-order valence-electron chi connectivity index (χ3n) is 4.97. The lowest BCUT2D eigenvalue weighted by atomic mass is 9.97. The third-order valence-corrected chi connectivity index (χ3v) is 6.10. The first-order chi connectivity index (χ1) is 13.8. The summed E-state index contributed by atoms with van der Waals surface area (Å²) in [5.74, 6) is 0.764. The largest absolute Gasteiger partial charge is 0.455 e. The van der Waals surface area contributed by atoms with Gasteiger partial charge in [0, 0.05) is 15.6 Å². The number of fused-ring (bicyclic) bond motifs is 1. The first-order valence-electron chi connectivity index (χ1n) is 9.42. The summed E-state index contributed by atoms with van der Waals surface area (Å²) in [7, 11) is 0. The van der Waals surface area contributed by atoms with Gasteiger partial charge in [-0.05, 0) is 80.8 Å². The molecule has 4 rings (SSSR count). The minimum atomic E-state index is -0.334. The number of carbonyl (C=O) groups excluding carboxylic acids is 1. The molecule has 29 heavy (non-hydrogen) atoms. The molecule has 146 valence electrons. The zero-order valence-electron chi connectivity index (χ0n) is 16.8. The number of hydrogen-bond donors (Lipinski definition) is 0. The molecule has 0 radical (unpaired) electrons. The van der Waals surface area contributed by atoms with Gasteiger partial charge < -0.3 is 4.74 Å². The summed E-state index contributed by atoms with van der Waals surface area (Å²) in [4.78, 5) is 14.1. The minimum Gasteiger partial charge on any atom is -0.455 e. The number of ketones is 1. The van der Waals surface area contributed by atoms with E-state index in [9.17, 15) is 9.18 Å². The summed E-state index contributed by atoms with van der Waals surface area (Å²) in [6.07, 6.45) is 0. The number of carbonyl (C=O) groups is 1. The molecule has 3 aromatic carbocycles. The van der Waals surface area contributed by atoms with Gasteiger partial charge in [0.2, 0.25) is 5.78 Å². The Balaban J connectivity index is 1.89. The second-order valence-corrected chi connectivity index (χ2v) is 8.47. The molecule has 0 saturated heterocycles. The van der Waals surface area contributed by atoms with Gasteiger partial charge in [-0.25, -0.2) is 4.39 Å². The van der Waals surface area contributed by atoms with Gasteiger partial charge >= 0.3 is 0 Å². The van der Waals surface area contributed by atoms with E-state index in [4.69, 9.17) is 4.74 Å². The monoisotopic (exact) mass is 404 g/mol. The quantitative estimate of drug-likeness (QED) is 0.334. The Morgan fingerprint density at radius 1 is 0.862 bits per heavy atom. The van der Waals surface area contributed by atoms with Gasteiger partial charge in [0.15, 0.2) is 5.75 Å². The van der Waals surface area contributed by atoms with Crippen molar-refractivity contribution < 1.29 is 13.9 Å². The summed E-state index contributed by atoms with van der Waals surface area (Å²) in [6, 6.07) is 16.6. The molecule has 0 aliphatic heterocycles. The van der Waals surface area contributed by atoms with Crippen molar-refractivity contribution in [2.45, 2.75) is 27.7 Å². The van der Waals surface area contributed by atoms with Crippen molar-refractivity contribution in [2.24, 2.45) is 0 Å². The lowest BCUT2D eigenvalue weighted by Gasteiger charge is -2.11. The van der Waals surface area contributed by atoms with E-state index in [-0.39, 0.29) is 11.6 Å². The van der Waals surface area contributed by atoms with Gasteiger partial charge in [-0.2, -0.15) is 0 Å². The number of rotatable bonds is 4. The Hall–Kier alpha value is -2.98. The number of ether oxygens (including phenoxy) is 1. The molecule has 1 heterocycles. The van der Waals surface area contributed by atoms with Gasteiger partial charge in [-0.15, -0.1) is 11.3 Å². The minimum absolute atomic E-state index is 0.138. The lowest BCUT2D eigenvalue weighted by Crippen LogP contribution is -2.06. The highest BCUT2D eigenvalue weighted by molar-refractivity contribution is 7.21. The fraction of sp³-hybridized carbons (Fsp3) is 0.160. The average Bonchev–Trinajstić information content (AvgIpc) is 3.00. The van der Waals surface area contributed by atoms with Crippen molar-refractivity contribution in [3.05, 3.63) is 93.1 Å². The van der Waals surface area contributed by atoms with Crippen LogP contribution in [0.15, 0.2) is 54.6 Å². The molecule has 0 unspecified atom stereocenters. The number of benzene rings is 3. The maximum absolute atomic E-state index is 13.8. The van der Waals surface area contributed by atoms with Gasteiger partial charge in [-0.3, -0.25) is 4.79 Å². The van der Waals surface area contributed by atoms with E-state index >= 15 is 0 Å². The molecule has 0 bridgehead atoms. The molecule has 2 nitrogen and oxygen atoms in total. The fourth-order valence-corrected chi connectivity index (χ4v) is 4.71. The maximum Gasteiger partial charge on any atom is 0.207 e. The number of thiophene rings is 1. The Bertz CT molecular complexity index is 1210. The highest BCUT2D eigenvalue weighted by atomic mass is 32.1. The summed E-state index contributed by atoms with van der Waals surface area (Å²) in [5, 5.41) is 0.905. The maximum atomic E-state index is 13.8. The predicted molar refractivity (Wildman–Crippen MR) is 117 cm³/mol. The van der Waals surface area contributed by atoms with E-state index in [0.717, 1.165) is 21.2 Å². The van der Waals surface area contributed by atoms with Crippen molar-refractivity contribution in [1.82, 2.24) is 0 Å². The Kier molecular flexibility index (Phi) is 4.97. The zero-order valence-corrected chi connectivity index (χ0v) is 17.6. The average molecular weight is 405 g/mol. The van der Waals surface area contributed by atoms with Crippen molar-refractivity contribution in [2.75, 3.05) is 0 Å². The number of halogens is 1. The van der Waals surface area contributed by atoms with E-state index in [1.165, 1.54) is 23.5 Å². The summed E-state index contributed by atoms with van der Waals surface area (Å²) >= 11 is 1.42. The van der Waals surface area contributed by atoms with E-state index in [2.05, 4.69) is 6.07 Å². The van der Waals surface area contributed by atoms with Crippen LogP contribution in [0.4, 0.5) is 4.39 Å². The second-order valence-electron chi connectivity index (χ2n) is 7.42. The van der Waals surface area contributed by atoms with Gasteiger partial charge in [0.1, 0.15) is 16.4 Å². The molecule has 4 aromatic rings. The van der Waals surface area contributed by atoms with Crippen molar-refractivity contribution in [3.8, 4) is 11.5 Å². The van der Waals surface area contributed by atoms with Crippen LogP contribution in [-0.4, -0.2) is 5.78 Å². The molecule has 1 aromatic heterocycles. The first kappa shape index (κ1) is 19.3. The molecular formula is C25H21FO2S. The second kappa shape index (κ2) is 7.45. The Morgan fingerprint density at radius 3 is 2.14 bits per heavy atom. The van der Waals surface area contributed by atoms with Gasteiger partial charge in [0.05, 0.1) is 0 Å². The molecule has 0 aliphatic carbocycles. The van der Waals surface area contributed by atoms with Crippen LogP contribution in [0.3, 0.4) is 0 Å². The molecule has 0 spiro atoms. The van der Waals surface area contributed by atoms with Crippen LogP contribution in [0.1, 0.15) is 37.5 Å².